The molecule has 3 aliphatic heterocycles. The molecule has 3 aliphatic rings. The van der Waals surface area contributed by atoms with E-state index in [1.54, 1.807) is 27.7 Å². The van der Waals surface area contributed by atoms with E-state index < -0.39 is 41.6 Å². The lowest BCUT2D eigenvalue weighted by Crippen LogP contribution is -2.63. The van der Waals surface area contributed by atoms with Crippen molar-refractivity contribution in [1.82, 2.24) is 0 Å². The molecule has 0 amide bonds. The smallest absolute Gasteiger partial charge is 0.313 e. The highest BCUT2D eigenvalue weighted by atomic mass is 16.9. The Kier molecular flexibility index (Phi) is 4.25. The van der Waals surface area contributed by atoms with Crippen LogP contribution in [0.25, 0.3) is 0 Å². The normalized spacial score (nSPS) is 39.6. The molecule has 0 aromatic rings. The Bertz CT molecular complexity index is 540. The third-order valence-electron chi connectivity index (χ3n) is 4.14. The molecule has 3 rings (SSSR count). The van der Waals surface area contributed by atoms with Crippen LogP contribution in [-0.2, 0) is 38.0 Å². The van der Waals surface area contributed by atoms with Crippen LogP contribution in [0.1, 0.15) is 41.0 Å². The highest BCUT2D eigenvalue weighted by molar-refractivity contribution is 5.94. The van der Waals surface area contributed by atoms with Gasteiger partial charge in [-0.1, -0.05) is 0 Å². The van der Waals surface area contributed by atoms with Gasteiger partial charge in [-0.15, -0.1) is 0 Å². The van der Waals surface area contributed by atoms with Gasteiger partial charge in [0.2, 0.25) is 5.79 Å². The first kappa shape index (κ1) is 17.8. The van der Waals surface area contributed by atoms with E-state index >= 15 is 0 Å². The van der Waals surface area contributed by atoms with Crippen LogP contribution in [-0.4, -0.2) is 60.6 Å². The standard InChI is InChI=1S/C16H24O8/c1-9(17)6-11(18)21-13-12-10(22-15(4,5)23-12)7-19-16(13)8-20-14(2,3)24-16/h10,12-13H,6-8H2,1-5H3/t10-,12-,13+,16+/m0/s1. The quantitative estimate of drug-likeness (QED) is 0.551. The zero-order chi connectivity index (χ0) is 17.8. The van der Waals surface area contributed by atoms with E-state index in [2.05, 4.69) is 0 Å². The Morgan fingerprint density at radius 1 is 1.08 bits per heavy atom. The van der Waals surface area contributed by atoms with Crippen molar-refractivity contribution >= 4 is 11.8 Å². The van der Waals surface area contributed by atoms with Gasteiger partial charge in [0.1, 0.15) is 31.0 Å². The minimum atomic E-state index is -1.28. The highest BCUT2D eigenvalue weighted by Gasteiger charge is 2.64. The van der Waals surface area contributed by atoms with Crippen molar-refractivity contribution in [3.63, 3.8) is 0 Å². The first-order chi connectivity index (χ1) is 11.0. The fourth-order valence-corrected chi connectivity index (χ4v) is 3.31. The molecular weight excluding hydrogens is 320 g/mol. The molecule has 0 saturated carbocycles. The molecule has 8 heteroatoms. The van der Waals surface area contributed by atoms with Crippen LogP contribution in [0.5, 0.6) is 0 Å². The number of ketones is 1. The molecule has 0 aromatic carbocycles. The molecule has 0 bridgehead atoms. The summed E-state index contributed by atoms with van der Waals surface area (Å²) in [6, 6.07) is 0. The fraction of sp³-hybridized carbons (Fsp3) is 0.875. The van der Waals surface area contributed by atoms with Crippen LogP contribution in [0.4, 0.5) is 0 Å². The lowest BCUT2D eigenvalue weighted by atomic mass is 9.97. The van der Waals surface area contributed by atoms with Crippen LogP contribution in [0.3, 0.4) is 0 Å². The Morgan fingerprint density at radius 3 is 2.38 bits per heavy atom. The molecule has 1 spiro atoms. The molecule has 3 saturated heterocycles. The number of carbonyl (C=O) groups excluding carboxylic acids is 2. The number of rotatable bonds is 3. The molecular formula is C16H24O8. The summed E-state index contributed by atoms with van der Waals surface area (Å²) in [4.78, 5) is 23.3. The third kappa shape index (κ3) is 3.34. The topological polar surface area (TPSA) is 89.5 Å². The number of esters is 1. The second kappa shape index (κ2) is 5.74. The minimum Gasteiger partial charge on any atom is -0.453 e. The summed E-state index contributed by atoms with van der Waals surface area (Å²) in [5, 5.41) is 0. The Balaban J connectivity index is 1.86. The molecule has 0 N–H and O–H groups in total. The van der Waals surface area contributed by atoms with Crippen molar-refractivity contribution in [3.8, 4) is 0 Å². The van der Waals surface area contributed by atoms with Crippen LogP contribution >= 0.6 is 0 Å². The summed E-state index contributed by atoms with van der Waals surface area (Å²) in [5.41, 5.74) is 0. The summed E-state index contributed by atoms with van der Waals surface area (Å²) >= 11 is 0. The average Bonchev–Trinajstić information content (AvgIpc) is 2.89. The predicted octanol–water partition coefficient (Wildman–Crippen LogP) is 0.907. The zero-order valence-electron chi connectivity index (χ0n) is 14.6. The molecule has 0 radical (unpaired) electrons. The molecule has 0 unspecified atom stereocenters. The summed E-state index contributed by atoms with van der Waals surface area (Å²) in [6.07, 6.45) is -2.18. The second-order valence-corrected chi connectivity index (χ2v) is 7.34. The SMILES string of the molecule is CC(=O)CC(=O)O[C@@H]1[C@H]2OC(C)(C)O[C@H]2CO[C@@]12COC(C)(C)O2. The van der Waals surface area contributed by atoms with E-state index in [9.17, 15) is 9.59 Å². The molecule has 3 fully saturated rings. The number of fused-ring (bicyclic) bond motifs is 1. The number of carbonyl (C=O) groups is 2. The first-order valence-corrected chi connectivity index (χ1v) is 8.05. The van der Waals surface area contributed by atoms with Crippen LogP contribution in [0.2, 0.25) is 0 Å². The van der Waals surface area contributed by atoms with Crippen molar-refractivity contribution in [3.05, 3.63) is 0 Å². The van der Waals surface area contributed by atoms with Crippen LogP contribution in [0.15, 0.2) is 0 Å². The van der Waals surface area contributed by atoms with E-state index in [0.717, 1.165) is 0 Å². The van der Waals surface area contributed by atoms with Gasteiger partial charge >= 0.3 is 5.97 Å². The molecule has 3 heterocycles. The second-order valence-electron chi connectivity index (χ2n) is 7.34. The molecule has 136 valence electrons. The number of hydrogen-bond donors (Lipinski definition) is 0. The summed E-state index contributed by atoms with van der Waals surface area (Å²) < 4.78 is 34.7. The van der Waals surface area contributed by atoms with Crippen molar-refractivity contribution in [2.24, 2.45) is 0 Å². The van der Waals surface area contributed by atoms with Gasteiger partial charge in [-0.25, -0.2) is 0 Å². The zero-order valence-corrected chi connectivity index (χ0v) is 14.6. The molecule has 8 nitrogen and oxygen atoms in total. The monoisotopic (exact) mass is 344 g/mol. The fourth-order valence-electron chi connectivity index (χ4n) is 3.31. The maximum Gasteiger partial charge on any atom is 0.313 e. The first-order valence-electron chi connectivity index (χ1n) is 8.05. The van der Waals surface area contributed by atoms with Gasteiger partial charge in [0.25, 0.3) is 0 Å². The van der Waals surface area contributed by atoms with Gasteiger partial charge in [-0.3, -0.25) is 9.59 Å². The van der Waals surface area contributed by atoms with E-state index in [1.807, 2.05) is 0 Å². The maximum atomic E-state index is 12.1. The van der Waals surface area contributed by atoms with Crippen molar-refractivity contribution in [2.75, 3.05) is 13.2 Å². The summed E-state index contributed by atoms with van der Waals surface area (Å²) in [7, 11) is 0. The molecule has 4 atom stereocenters. The average molecular weight is 344 g/mol. The van der Waals surface area contributed by atoms with Crippen molar-refractivity contribution in [2.45, 2.75) is 76.7 Å². The summed E-state index contributed by atoms with van der Waals surface area (Å²) in [6.45, 7) is 8.71. The van der Waals surface area contributed by atoms with Gasteiger partial charge in [0.15, 0.2) is 17.7 Å². The lowest BCUT2D eigenvalue weighted by molar-refractivity contribution is -0.328. The van der Waals surface area contributed by atoms with Gasteiger partial charge in [-0.05, 0) is 34.6 Å². The minimum absolute atomic E-state index is 0.0883. The van der Waals surface area contributed by atoms with Gasteiger partial charge in [0.05, 0.1) is 6.61 Å². The van der Waals surface area contributed by atoms with Crippen molar-refractivity contribution < 1.29 is 38.0 Å². The third-order valence-corrected chi connectivity index (χ3v) is 4.14. The Hall–Kier alpha value is -1.06. The molecule has 0 aromatic heterocycles. The number of ether oxygens (including phenoxy) is 6. The van der Waals surface area contributed by atoms with E-state index in [-0.39, 0.29) is 25.4 Å². The van der Waals surface area contributed by atoms with E-state index in [4.69, 9.17) is 28.4 Å². The Labute approximate surface area is 140 Å². The van der Waals surface area contributed by atoms with Gasteiger partial charge in [-0.2, -0.15) is 0 Å². The predicted molar refractivity (Wildman–Crippen MR) is 78.8 cm³/mol. The maximum absolute atomic E-state index is 12.1. The largest absolute Gasteiger partial charge is 0.453 e. The number of hydrogen-bond acceptors (Lipinski definition) is 8. The van der Waals surface area contributed by atoms with E-state index in [0.29, 0.717) is 0 Å². The molecule has 24 heavy (non-hydrogen) atoms. The summed E-state index contributed by atoms with van der Waals surface area (Å²) in [5.74, 6) is -3.92. The number of Topliss-reactive ketones (excluding diaryl/α,β-unsaturated/α-hetero) is 1. The highest BCUT2D eigenvalue weighted by Crippen LogP contribution is 2.45. The molecule has 0 aliphatic carbocycles. The van der Waals surface area contributed by atoms with Crippen molar-refractivity contribution in [1.29, 1.82) is 0 Å². The lowest BCUT2D eigenvalue weighted by Gasteiger charge is -2.43. The van der Waals surface area contributed by atoms with Crippen LogP contribution < -0.4 is 0 Å². The Morgan fingerprint density at radius 2 is 1.79 bits per heavy atom. The van der Waals surface area contributed by atoms with Gasteiger partial charge < -0.3 is 28.4 Å². The van der Waals surface area contributed by atoms with Gasteiger partial charge in [0, 0.05) is 0 Å². The van der Waals surface area contributed by atoms with E-state index in [1.165, 1.54) is 6.92 Å². The van der Waals surface area contributed by atoms with Crippen LogP contribution in [0, 0.1) is 0 Å².